The van der Waals surface area contributed by atoms with Crippen molar-refractivity contribution in [3.8, 4) is 0 Å². The third-order valence-electron chi connectivity index (χ3n) is 15.4. The molecule has 12 heteroatoms. The Labute approximate surface area is 518 Å². The second-order valence-electron chi connectivity index (χ2n) is 23.4. The van der Waals surface area contributed by atoms with Gasteiger partial charge in [-0.15, -0.1) is 0 Å². The van der Waals surface area contributed by atoms with Gasteiger partial charge in [0, 0.05) is 19.3 Å². The van der Waals surface area contributed by atoms with Gasteiger partial charge in [-0.3, -0.25) is 14.4 Å². The zero-order valence-electron chi connectivity index (χ0n) is 54.1. The number of allylic oxidation sites excluding steroid dienone is 14. The van der Waals surface area contributed by atoms with Crippen molar-refractivity contribution in [3.05, 3.63) is 85.1 Å². The summed E-state index contributed by atoms with van der Waals surface area (Å²) in [5.41, 5.74) is 0. The molecule has 1 heterocycles. The van der Waals surface area contributed by atoms with E-state index in [1.807, 2.05) is 0 Å². The molecule has 0 aromatic carbocycles. The maximum atomic E-state index is 13.2. The molecule has 6 atom stereocenters. The minimum Gasteiger partial charge on any atom is -0.479 e. The number of carbonyl (C=O) groups excluding carboxylic acids is 3. The summed E-state index contributed by atoms with van der Waals surface area (Å²) in [5, 5.41) is 31.7. The van der Waals surface area contributed by atoms with Crippen LogP contribution in [0.25, 0.3) is 0 Å². The lowest BCUT2D eigenvalue weighted by Crippen LogP contribution is -2.61. The Balaban J connectivity index is 2.65. The van der Waals surface area contributed by atoms with Crippen LogP contribution in [-0.4, -0.2) is 89.2 Å². The fourth-order valence-electron chi connectivity index (χ4n) is 10.2. The van der Waals surface area contributed by atoms with Gasteiger partial charge in [-0.05, 0) is 116 Å². The topological polar surface area (TPSA) is 175 Å². The molecule has 3 N–H and O–H groups in total. The van der Waals surface area contributed by atoms with Crippen LogP contribution in [-0.2, 0) is 42.9 Å². The number of unbranched alkanes of at least 4 members (excludes halogenated alkanes) is 31. The van der Waals surface area contributed by atoms with E-state index >= 15 is 0 Å². The molecule has 0 spiro atoms. The summed E-state index contributed by atoms with van der Waals surface area (Å²) < 4.78 is 28.6. The number of aliphatic hydroxyl groups is 2. The fraction of sp³-hybridized carbons (Fsp3) is 0.753. The summed E-state index contributed by atoms with van der Waals surface area (Å²) in [4.78, 5) is 51.5. The Morgan fingerprint density at radius 3 is 1.13 bits per heavy atom. The highest BCUT2D eigenvalue weighted by Crippen LogP contribution is 2.27. The van der Waals surface area contributed by atoms with Crippen molar-refractivity contribution in [2.75, 3.05) is 13.2 Å². The van der Waals surface area contributed by atoms with Gasteiger partial charge in [0.25, 0.3) is 0 Å². The SMILES string of the molecule is CC/C=C\C/C=C\C/C=C\CCCCCCCCCC(=O)OC1C(OCC(COC(=O)CCCCCCCCCCC/C=C\C/C=C\CCCCC)OC(=O)CCCCCCCCCCC/C=C\C/C=C\CCCCC)OC(C(=O)O)C(O)C1O. The molecule has 1 aliphatic rings. The van der Waals surface area contributed by atoms with E-state index < -0.39 is 67.3 Å². The number of hydrogen-bond donors (Lipinski definition) is 3. The van der Waals surface area contributed by atoms with Crippen LogP contribution in [0.5, 0.6) is 0 Å². The minimum atomic E-state index is -1.91. The van der Waals surface area contributed by atoms with Gasteiger partial charge in [0.2, 0.25) is 0 Å². The average molecular weight is 1190 g/mol. The van der Waals surface area contributed by atoms with E-state index in [0.717, 1.165) is 135 Å². The fourth-order valence-corrected chi connectivity index (χ4v) is 10.2. The van der Waals surface area contributed by atoms with Crippen molar-refractivity contribution in [1.29, 1.82) is 0 Å². The largest absolute Gasteiger partial charge is 0.479 e. The van der Waals surface area contributed by atoms with E-state index in [1.165, 1.54) is 109 Å². The van der Waals surface area contributed by atoms with Crippen LogP contribution in [0.15, 0.2) is 85.1 Å². The molecule has 0 bridgehead atoms. The Hall–Kier alpha value is -4.10. The summed E-state index contributed by atoms with van der Waals surface area (Å²) in [6.07, 6.45) is 66.7. The second-order valence-corrected chi connectivity index (χ2v) is 23.4. The summed E-state index contributed by atoms with van der Waals surface area (Å²) in [6.45, 7) is 5.87. The molecule has 0 radical (unpaired) electrons. The maximum Gasteiger partial charge on any atom is 0.335 e. The predicted octanol–water partition coefficient (Wildman–Crippen LogP) is 19.0. The van der Waals surface area contributed by atoms with Crippen LogP contribution in [0, 0.1) is 0 Å². The molecule has 1 fully saturated rings. The molecule has 12 nitrogen and oxygen atoms in total. The number of aliphatic hydroxyl groups excluding tert-OH is 2. The van der Waals surface area contributed by atoms with Crippen LogP contribution in [0.3, 0.4) is 0 Å². The summed E-state index contributed by atoms with van der Waals surface area (Å²) in [7, 11) is 0. The molecule has 0 aliphatic carbocycles. The van der Waals surface area contributed by atoms with Gasteiger partial charge in [0.15, 0.2) is 24.6 Å². The number of carbonyl (C=O) groups is 4. The van der Waals surface area contributed by atoms with Crippen LogP contribution >= 0.6 is 0 Å². The lowest BCUT2D eigenvalue weighted by atomic mass is 9.98. The molecule has 0 aromatic rings. The van der Waals surface area contributed by atoms with Gasteiger partial charge in [-0.25, -0.2) is 4.79 Å². The zero-order chi connectivity index (χ0) is 61.7. The summed E-state index contributed by atoms with van der Waals surface area (Å²) in [5.74, 6) is -3.13. The van der Waals surface area contributed by atoms with Gasteiger partial charge in [-0.1, -0.05) is 254 Å². The van der Waals surface area contributed by atoms with Crippen LogP contribution in [0.1, 0.15) is 303 Å². The third-order valence-corrected chi connectivity index (χ3v) is 15.4. The Kier molecular flexibility index (Phi) is 55.9. The lowest BCUT2D eigenvalue weighted by molar-refractivity contribution is -0.301. The number of carboxylic acids is 1. The first-order chi connectivity index (χ1) is 41.6. The number of hydrogen-bond acceptors (Lipinski definition) is 11. The molecular weight excluding hydrogens is 1070 g/mol. The van der Waals surface area contributed by atoms with Crippen molar-refractivity contribution >= 4 is 23.9 Å². The van der Waals surface area contributed by atoms with Crippen LogP contribution < -0.4 is 0 Å². The van der Waals surface area contributed by atoms with Crippen LogP contribution in [0.2, 0.25) is 0 Å². The van der Waals surface area contributed by atoms with Crippen molar-refractivity contribution in [3.63, 3.8) is 0 Å². The van der Waals surface area contributed by atoms with E-state index in [2.05, 4.69) is 106 Å². The molecule has 1 rings (SSSR count). The minimum absolute atomic E-state index is 0.0465. The predicted molar refractivity (Wildman–Crippen MR) is 349 cm³/mol. The third kappa shape index (κ3) is 49.6. The highest BCUT2D eigenvalue weighted by molar-refractivity contribution is 5.74. The Bertz CT molecular complexity index is 1800. The first kappa shape index (κ1) is 78.9. The first-order valence-electron chi connectivity index (χ1n) is 34.6. The van der Waals surface area contributed by atoms with E-state index in [0.29, 0.717) is 19.3 Å². The van der Waals surface area contributed by atoms with Gasteiger partial charge < -0.3 is 39.0 Å². The number of esters is 3. The molecule has 1 saturated heterocycles. The Morgan fingerprint density at radius 1 is 0.400 bits per heavy atom. The molecule has 1 aliphatic heterocycles. The molecular formula is C73H124O12. The highest BCUT2D eigenvalue weighted by atomic mass is 16.7. The summed E-state index contributed by atoms with van der Waals surface area (Å²) in [6, 6.07) is 0. The number of aliphatic carboxylic acids is 1. The average Bonchev–Trinajstić information content (AvgIpc) is 2.83. The number of rotatable bonds is 59. The van der Waals surface area contributed by atoms with Gasteiger partial charge in [-0.2, -0.15) is 0 Å². The normalized spacial score (nSPS) is 18.0. The van der Waals surface area contributed by atoms with E-state index in [1.54, 1.807) is 0 Å². The zero-order valence-corrected chi connectivity index (χ0v) is 54.1. The summed E-state index contributed by atoms with van der Waals surface area (Å²) >= 11 is 0. The van der Waals surface area contributed by atoms with E-state index in [9.17, 15) is 34.5 Å². The number of ether oxygens (including phenoxy) is 5. The molecule has 6 unspecified atom stereocenters. The molecule has 85 heavy (non-hydrogen) atoms. The van der Waals surface area contributed by atoms with Crippen molar-refractivity contribution < 1.29 is 58.2 Å². The van der Waals surface area contributed by atoms with E-state index in [-0.39, 0.29) is 25.9 Å². The quantitative estimate of drug-likeness (QED) is 0.0228. The Morgan fingerprint density at radius 2 is 0.741 bits per heavy atom. The van der Waals surface area contributed by atoms with Crippen molar-refractivity contribution in [2.24, 2.45) is 0 Å². The molecule has 0 saturated carbocycles. The van der Waals surface area contributed by atoms with Gasteiger partial charge in [0.1, 0.15) is 18.8 Å². The van der Waals surface area contributed by atoms with Gasteiger partial charge >= 0.3 is 23.9 Å². The van der Waals surface area contributed by atoms with E-state index in [4.69, 9.17) is 23.7 Å². The standard InChI is InChI=1S/C73H124O12/c1-4-7-10-13-16-19-22-25-28-31-33-36-38-41-44-47-50-53-56-59-65(74)81-62-64(83-66(75)60-57-54-51-48-45-42-40-37-34-32-29-26-23-20-17-14-11-8-5-2)63-82-73-71(69(78)68(77)70(85-73)72(79)80)84-67(76)61-58-55-52-49-46-43-39-35-30-27-24-21-18-15-12-9-6-3/h9,12,16-21,25-30,64,68-71,73,77-78H,4-8,10-11,13-15,22-24,31-63H2,1-3H3,(H,79,80)/b12-9-,19-16-,20-17-,21-18-,28-25-,29-26-,30-27-. The molecule has 0 aromatic heterocycles. The van der Waals surface area contributed by atoms with Gasteiger partial charge in [0.05, 0.1) is 6.61 Å². The van der Waals surface area contributed by atoms with Crippen LogP contribution in [0.4, 0.5) is 0 Å². The first-order valence-corrected chi connectivity index (χ1v) is 34.6. The van der Waals surface area contributed by atoms with Crippen molar-refractivity contribution in [1.82, 2.24) is 0 Å². The highest BCUT2D eigenvalue weighted by Gasteiger charge is 2.50. The second kappa shape index (κ2) is 60.2. The molecule has 0 amide bonds. The lowest BCUT2D eigenvalue weighted by Gasteiger charge is -2.40. The smallest absolute Gasteiger partial charge is 0.335 e. The van der Waals surface area contributed by atoms with Crippen molar-refractivity contribution in [2.45, 2.75) is 340 Å². The number of carboxylic acid groups (broad SMARTS) is 1. The molecule has 488 valence electrons. The maximum absolute atomic E-state index is 13.2. The monoisotopic (exact) mass is 1190 g/mol.